The van der Waals surface area contributed by atoms with Gasteiger partial charge in [0.15, 0.2) is 0 Å². The van der Waals surface area contributed by atoms with Gasteiger partial charge in [-0.2, -0.15) is 0 Å². The molecule has 0 aliphatic rings. The lowest BCUT2D eigenvalue weighted by molar-refractivity contribution is 0.195. The van der Waals surface area contributed by atoms with Crippen LogP contribution >= 0.6 is 0 Å². The average molecular weight is 299 g/mol. The van der Waals surface area contributed by atoms with E-state index in [2.05, 4.69) is 37.4 Å². The molecule has 0 bridgehead atoms. The van der Waals surface area contributed by atoms with E-state index < -0.39 is 15.9 Å². The molecule has 1 atom stereocenters. The van der Waals surface area contributed by atoms with Gasteiger partial charge in [-0.1, -0.05) is 30.3 Å². The molecule has 0 amide bonds. The molecule has 5 heteroatoms. The Balaban J connectivity index is 3.22. The molecular formula is C14H26O3Si2. The molecule has 0 fully saturated rings. The highest BCUT2D eigenvalue weighted by molar-refractivity contribution is 7.39. The van der Waals surface area contributed by atoms with E-state index >= 15 is 0 Å². The van der Waals surface area contributed by atoms with Crippen molar-refractivity contribution in [1.29, 1.82) is 0 Å². The maximum atomic E-state index is 6.24. The van der Waals surface area contributed by atoms with E-state index in [0.717, 1.165) is 0 Å². The van der Waals surface area contributed by atoms with Gasteiger partial charge in [0.05, 0.1) is 0 Å². The molecule has 1 aromatic carbocycles. The topological polar surface area (TPSA) is 27.7 Å². The predicted octanol–water partition coefficient (Wildman–Crippen LogP) is 2.73. The summed E-state index contributed by atoms with van der Waals surface area (Å²) >= 11 is 0. The van der Waals surface area contributed by atoms with Crippen molar-refractivity contribution in [2.75, 3.05) is 19.8 Å². The largest absolute Gasteiger partial charge is 0.410 e. The van der Waals surface area contributed by atoms with Crippen molar-refractivity contribution in [3.05, 3.63) is 30.3 Å². The maximum Gasteiger partial charge on any atom is 0.351 e. The second-order valence-electron chi connectivity index (χ2n) is 4.64. The zero-order valence-electron chi connectivity index (χ0n) is 12.7. The Hall–Kier alpha value is -0.466. The van der Waals surface area contributed by atoms with Crippen LogP contribution in [0.3, 0.4) is 0 Å². The minimum atomic E-state index is -2.35. The van der Waals surface area contributed by atoms with E-state index in [4.69, 9.17) is 13.3 Å². The Morgan fingerprint density at radius 2 is 1.26 bits per heavy atom. The molecule has 1 aromatic rings. The number of rotatable bonds is 8. The summed E-state index contributed by atoms with van der Waals surface area (Å²) in [6.45, 7) is 12.5. The SMILES string of the molecule is CCO[Si](C)(OCC)[Si](C)(OCC)c1ccccc1. The predicted molar refractivity (Wildman–Crippen MR) is 84.2 cm³/mol. The number of hydrogen-bond donors (Lipinski definition) is 0. The van der Waals surface area contributed by atoms with E-state index in [1.807, 2.05) is 26.8 Å². The molecule has 1 unspecified atom stereocenters. The summed E-state index contributed by atoms with van der Waals surface area (Å²) in [5.41, 5.74) is 0. The lowest BCUT2D eigenvalue weighted by Gasteiger charge is -2.40. The van der Waals surface area contributed by atoms with Gasteiger partial charge < -0.3 is 13.3 Å². The minimum absolute atomic E-state index is 0.672. The van der Waals surface area contributed by atoms with Crippen molar-refractivity contribution in [3.63, 3.8) is 0 Å². The molecule has 0 heterocycles. The fourth-order valence-corrected chi connectivity index (χ4v) is 12.3. The van der Waals surface area contributed by atoms with Crippen LogP contribution in [-0.4, -0.2) is 35.7 Å². The summed E-state index contributed by atoms with van der Waals surface area (Å²) in [5.74, 6) is 0. The summed E-state index contributed by atoms with van der Waals surface area (Å²) in [7, 11) is -4.57. The molecule has 3 nitrogen and oxygen atoms in total. The van der Waals surface area contributed by atoms with Crippen LogP contribution in [0.15, 0.2) is 30.3 Å². The van der Waals surface area contributed by atoms with Gasteiger partial charge >= 0.3 is 8.08 Å². The highest BCUT2D eigenvalue weighted by atomic mass is 29.3. The van der Waals surface area contributed by atoms with E-state index in [9.17, 15) is 0 Å². The summed E-state index contributed by atoms with van der Waals surface area (Å²) in [4.78, 5) is 0. The highest BCUT2D eigenvalue weighted by Gasteiger charge is 2.56. The second-order valence-corrected chi connectivity index (χ2v) is 15.6. The van der Waals surface area contributed by atoms with Crippen molar-refractivity contribution in [2.45, 2.75) is 33.9 Å². The van der Waals surface area contributed by atoms with Gasteiger partial charge in [-0.25, -0.2) is 0 Å². The van der Waals surface area contributed by atoms with Crippen molar-refractivity contribution < 1.29 is 13.3 Å². The molecule has 108 valence electrons. The molecule has 0 N–H and O–H groups in total. The van der Waals surface area contributed by atoms with Crippen LogP contribution in [0.5, 0.6) is 0 Å². The normalized spacial score (nSPS) is 15.2. The van der Waals surface area contributed by atoms with E-state index in [-0.39, 0.29) is 0 Å². The molecule has 0 spiro atoms. The van der Waals surface area contributed by atoms with E-state index in [0.29, 0.717) is 19.8 Å². The molecule has 0 saturated carbocycles. The Kier molecular flexibility index (Phi) is 6.42. The van der Waals surface area contributed by atoms with Gasteiger partial charge in [-0.3, -0.25) is 0 Å². The first-order chi connectivity index (χ1) is 9.04. The number of hydrogen-bond acceptors (Lipinski definition) is 3. The molecule has 19 heavy (non-hydrogen) atoms. The summed E-state index contributed by atoms with van der Waals surface area (Å²) in [6, 6.07) is 10.4. The molecule has 0 aromatic heterocycles. The Morgan fingerprint density at radius 3 is 1.68 bits per heavy atom. The third kappa shape index (κ3) is 3.55. The van der Waals surface area contributed by atoms with Crippen LogP contribution in [0.25, 0.3) is 0 Å². The molecule has 0 saturated heterocycles. The van der Waals surface area contributed by atoms with E-state index in [1.54, 1.807) is 0 Å². The second kappa shape index (κ2) is 7.35. The zero-order valence-corrected chi connectivity index (χ0v) is 14.7. The van der Waals surface area contributed by atoms with E-state index in [1.165, 1.54) is 5.19 Å². The first-order valence-electron chi connectivity index (χ1n) is 7.01. The highest BCUT2D eigenvalue weighted by Crippen LogP contribution is 2.23. The van der Waals surface area contributed by atoms with Crippen LogP contribution < -0.4 is 5.19 Å². The van der Waals surface area contributed by atoms with Crippen LogP contribution in [-0.2, 0) is 13.3 Å². The average Bonchev–Trinajstić information content (AvgIpc) is 2.40. The van der Waals surface area contributed by atoms with Gasteiger partial charge in [0, 0.05) is 19.8 Å². The van der Waals surface area contributed by atoms with Crippen LogP contribution in [0, 0.1) is 0 Å². The first kappa shape index (κ1) is 16.6. The zero-order chi connectivity index (χ0) is 14.4. The first-order valence-corrected chi connectivity index (χ1v) is 12.7. The fraction of sp³-hybridized carbons (Fsp3) is 0.571. The van der Waals surface area contributed by atoms with Crippen LogP contribution in [0.1, 0.15) is 20.8 Å². The quantitative estimate of drug-likeness (QED) is 0.691. The third-order valence-electron chi connectivity index (χ3n) is 3.46. The van der Waals surface area contributed by atoms with Crippen molar-refractivity contribution in [3.8, 4) is 0 Å². The standard InChI is InChI=1S/C14H26O3Si2/c1-6-15-18(4,14-12-10-9-11-13-14)19(5,16-7-2)17-8-3/h9-13H,6-8H2,1-5H3. The molecule has 1 rings (SSSR count). The van der Waals surface area contributed by atoms with Gasteiger partial charge in [-0.05, 0) is 39.1 Å². The van der Waals surface area contributed by atoms with Crippen molar-refractivity contribution in [2.24, 2.45) is 0 Å². The Bertz CT molecular complexity index is 366. The van der Waals surface area contributed by atoms with Crippen LogP contribution in [0.2, 0.25) is 13.1 Å². The van der Waals surface area contributed by atoms with Gasteiger partial charge in [0.25, 0.3) is 7.83 Å². The van der Waals surface area contributed by atoms with Gasteiger partial charge in [0.2, 0.25) is 0 Å². The third-order valence-corrected chi connectivity index (χ3v) is 16.5. The van der Waals surface area contributed by atoms with Crippen LogP contribution in [0.4, 0.5) is 0 Å². The molecule has 0 aliphatic carbocycles. The van der Waals surface area contributed by atoms with Gasteiger partial charge in [-0.15, -0.1) is 0 Å². The monoisotopic (exact) mass is 298 g/mol. The van der Waals surface area contributed by atoms with Crippen molar-refractivity contribution >= 4 is 21.1 Å². The summed E-state index contributed by atoms with van der Waals surface area (Å²) in [5, 5.41) is 1.26. The van der Waals surface area contributed by atoms with Crippen molar-refractivity contribution in [1.82, 2.24) is 0 Å². The summed E-state index contributed by atoms with van der Waals surface area (Å²) in [6.07, 6.45) is 0. The molecular weight excluding hydrogens is 272 g/mol. The molecule has 0 radical (unpaired) electrons. The Morgan fingerprint density at radius 1 is 0.789 bits per heavy atom. The lowest BCUT2D eigenvalue weighted by atomic mass is 10.4. The Labute approximate surface area is 119 Å². The maximum absolute atomic E-state index is 6.24. The molecule has 0 aliphatic heterocycles. The fourth-order valence-electron chi connectivity index (χ4n) is 2.39. The summed E-state index contributed by atoms with van der Waals surface area (Å²) < 4.78 is 18.4. The lowest BCUT2D eigenvalue weighted by Crippen LogP contribution is -2.71. The minimum Gasteiger partial charge on any atom is -0.410 e. The number of benzene rings is 1. The smallest absolute Gasteiger partial charge is 0.351 e. The van der Waals surface area contributed by atoms with Gasteiger partial charge in [0.1, 0.15) is 0 Å².